The van der Waals surface area contributed by atoms with Gasteiger partial charge in [0.25, 0.3) is 5.91 Å². The van der Waals surface area contributed by atoms with Gasteiger partial charge in [0.2, 0.25) is 0 Å². The van der Waals surface area contributed by atoms with E-state index in [-0.39, 0.29) is 11.9 Å². The molecule has 1 fully saturated rings. The lowest BCUT2D eigenvalue weighted by Crippen LogP contribution is -2.35. The second-order valence-corrected chi connectivity index (χ2v) is 7.14. The van der Waals surface area contributed by atoms with Crippen LogP contribution in [0.2, 0.25) is 0 Å². The molecule has 5 nitrogen and oxygen atoms in total. The fourth-order valence-corrected chi connectivity index (χ4v) is 3.97. The number of carbonyl (C=O) groups is 1. The van der Waals surface area contributed by atoms with Crippen LogP contribution in [0.1, 0.15) is 47.8 Å². The van der Waals surface area contributed by atoms with Gasteiger partial charge < -0.3 is 9.42 Å². The summed E-state index contributed by atoms with van der Waals surface area (Å²) in [6.07, 6.45) is 7.46. The third-order valence-corrected chi connectivity index (χ3v) is 5.46. The summed E-state index contributed by atoms with van der Waals surface area (Å²) in [6, 6.07) is 9.48. The van der Waals surface area contributed by atoms with Gasteiger partial charge in [0.15, 0.2) is 5.76 Å². The van der Waals surface area contributed by atoms with Gasteiger partial charge in [0.05, 0.1) is 10.9 Å². The highest BCUT2D eigenvalue weighted by Gasteiger charge is 2.30. The Morgan fingerprint density at radius 3 is 2.88 bits per heavy atom. The molecule has 3 aromatic heterocycles. The summed E-state index contributed by atoms with van der Waals surface area (Å²) in [5, 5.41) is 6.31. The Bertz CT molecular complexity index is 829. The van der Waals surface area contributed by atoms with E-state index in [9.17, 15) is 4.79 Å². The number of hydrogen-bond acceptors (Lipinski definition) is 5. The maximum absolute atomic E-state index is 13.0. The van der Waals surface area contributed by atoms with Gasteiger partial charge in [-0.2, -0.15) is 0 Å². The van der Waals surface area contributed by atoms with Crippen LogP contribution >= 0.6 is 11.3 Å². The van der Waals surface area contributed by atoms with Gasteiger partial charge in [-0.3, -0.25) is 9.78 Å². The number of amides is 1. The molecule has 128 valence electrons. The third kappa shape index (κ3) is 3.35. The summed E-state index contributed by atoms with van der Waals surface area (Å²) < 4.78 is 5.55. The Morgan fingerprint density at radius 2 is 2.08 bits per heavy atom. The Balaban J connectivity index is 1.64. The SMILES string of the molecule is O=C(c1ccncc1)N1CCCCC[C@H]1c1cc(-c2cccs2)on1. The van der Waals surface area contributed by atoms with Crippen molar-refractivity contribution in [1.29, 1.82) is 0 Å². The van der Waals surface area contributed by atoms with Gasteiger partial charge in [-0.1, -0.05) is 24.1 Å². The van der Waals surface area contributed by atoms with Crippen LogP contribution in [0.3, 0.4) is 0 Å². The van der Waals surface area contributed by atoms with Crippen molar-refractivity contribution in [2.75, 3.05) is 6.54 Å². The van der Waals surface area contributed by atoms with Crippen molar-refractivity contribution in [3.63, 3.8) is 0 Å². The van der Waals surface area contributed by atoms with Crippen LogP contribution in [-0.2, 0) is 0 Å². The van der Waals surface area contributed by atoms with E-state index in [0.717, 1.165) is 48.6 Å². The zero-order valence-corrected chi connectivity index (χ0v) is 14.6. The predicted octanol–water partition coefficient (Wildman–Crippen LogP) is 4.56. The highest BCUT2D eigenvalue weighted by Crippen LogP contribution is 2.34. The molecular formula is C19H19N3O2S. The molecule has 4 heterocycles. The van der Waals surface area contributed by atoms with Crippen molar-refractivity contribution in [2.24, 2.45) is 0 Å². The monoisotopic (exact) mass is 353 g/mol. The molecule has 0 radical (unpaired) electrons. The van der Waals surface area contributed by atoms with Crippen molar-refractivity contribution < 1.29 is 9.32 Å². The zero-order chi connectivity index (χ0) is 17.1. The quantitative estimate of drug-likeness (QED) is 0.693. The first kappa shape index (κ1) is 16.0. The van der Waals surface area contributed by atoms with E-state index in [2.05, 4.69) is 10.1 Å². The van der Waals surface area contributed by atoms with E-state index in [4.69, 9.17) is 4.52 Å². The average Bonchev–Trinajstić information content (AvgIpc) is 3.29. The molecule has 0 spiro atoms. The van der Waals surface area contributed by atoms with E-state index in [1.165, 1.54) is 0 Å². The molecule has 0 aromatic carbocycles. The normalized spacial score (nSPS) is 18.1. The molecule has 0 aliphatic carbocycles. The lowest BCUT2D eigenvalue weighted by molar-refractivity contribution is 0.0674. The highest BCUT2D eigenvalue weighted by molar-refractivity contribution is 7.13. The van der Waals surface area contributed by atoms with E-state index in [1.54, 1.807) is 35.9 Å². The molecule has 0 N–H and O–H groups in total. The molecular weight excluding hydrogens is 334 g/mol. The first-order valence-corrected chi connectivity index (χ1v) is 9.42. The first-order valence-electron chi connectivity index (χ1n) is 8.54. The predicted molar refractivity (Wildman–Crippen MR) is 96.3 cm³/mol. The van der Waals surface area contributed by atoms with Crippen molar-refractivity contribution in [3.8, 4) is 10.6 Å². The van der Waals surface area contributed by atoms with Gasteiger partial charge >= 0.3 is 0 Å². The first-order chi connectivity index (χ1) is 12.3. The molecule has 0 unspecified atom stereocenters. The molecule has 6 heteroatoms. The highest BCUT2D eigenvalue weighted by atomic mass is 32.1. The van der Waals surface area contributed by atoms with Gasteiger partial charge in [-0.05, 0) is 36.4 Å². The largest absolute Gasteiger partial charge is 0.355 e. The molecule has 1 amide bonds. The van der Waals surface area contributed by atoms with Gasteiger partial charge in [-0.15, -0.1) is 11.3 Å². The van der Waals surface area contributed by atoms with E-state index >= 15 is 0 Å². The minimum absolute atomic E-state index is 0.0370. The minimum atomic E-state index is -0.0411. The minimum Gasteiger partial charge on any atom is -0.355 e. The van der Waals surface area contributed by atoms with Gasteiger partial charge in [-0.25, -0.2) is 0 Å². The number of pyridine rings is 1. The average molecular weight is 353 g/mol. The van der Waals surface area contributed by atoms with Crippen LogP contribution in [0.5, 0.6) is 0 Å². The number of carbonyl (C=O) groups excluding carboxylic acids is 1. The Hall–Kier alpha value is -2.47. The lowest BCUT2D eigenvalue weighted by Gasteiger charge is -2.28. The summed E-state index contributed by atoms with van der Waals surface area (Å²) in [5.74, 6) is 0.806. The molecule has 25 heavy (non-hydrogen) atoms. The van der Waals surface area contributed by atoms with Crippen LogP contribution in [-0.4, -0.2) is 27.5 Å². The number of likely N-dealkylation sites (tertiary alicyclic amines) is 1. The van der Waals surface area contributed by atoms with Crippen molar-refractivity contribution >= 4 is 17.2 Å². The van der Waals surface area contributed by atoms with E-state index in [1.807, 2.05) is 28.5 Å². The summed E-state index contributed by atoms with van der Waals surface area (Å²) >= 11 is 1.62. The molecule has 1 saturated heterocycles. The fraction of sp³-hybridized carbons (Fsp3) is 0.316. The molecule has 4 rings (SSSR count). The summed E-state index contributed by atoms with van der Waals surface area (Å²) in [4.78, 5) is 20.0. The van der Waals surface area contributed by atoms with Gasteiger partial charge in [0.1, 0.15) is 5.69 Å². The van der Waals surface area contributed by atoms with Crippen LogP contribution in [0.15, 0.2) is 52.6 Å². The molecule has 0 bridgehead atoms. The molecule has 1 aliphatic rings. The van der Waals surface area contributed by atoms with Gasteiger partial charge in [0, 0.05) is 30.6 Å². The molecule has 1 aliphatic heterocycles. The van der Waals surface area contributed by atoms with E-state index in [0.29, 0.717) is 5.56 Å². The lowest BCUT2D eigenvalue weighted by atomic mass is 10.1. The molecule has 0 saturated carbocycles. The summed E-state index contributed by atoms with van der Waals surface area (Å²) in [6.45, 7) is 0.743. The standard InChI is InChI=1S/C19H19N3O2S/c23-19(14-7-9-20-10-8-14)22-11-3-1-2-5-16(22)15-13-17(24-21-15)18-6-4-12-25-18/h4,6-10,12-13,16H,1-3,5,11H2/t16-/m0/s1. The summed E-state index contributed by atoms with van der Waals surface area (Å²) in [5.41, 5.74) is 1.51. The maximum atomic E-state index is 13.0. The van der Waals surface area contributed by atoms with E-state index < -0.39 is 0 Å². The van der Waals surface area contributed by atoms with Crippen LogP contribution < -0.4 is 0 Å². The zero-order valence-electron chi connectivity index (χ0n) is 13.8. The van der Waals surface area contributed by atoms with Crippen LogP contribution in [0.4, 0.5) is 0 Å². The summed E-state index contributed by atoms with van der Waals surface area (Å²) in [7, 11) is 0. The number of thiophene rings is 1. The van der Waals surface area contributed by atoms with Crippen molar-refractivity contribution in [1.82, 2.24) is 15.0 Å². The number of hydrogen-bond donors (Lipinski definition) is 0. The Labute approximate surface area is 150 Å². The Kier molecular flexibility index (Phi) is 4.61. The van der Waals surface area contributed by atoms with Crippen molar-refractivity contribution in [3.05, 3.63) is 59.4 Å². The van der Waals surface area contributed by atoms with Crippen molar-refractivity contribution in [2.45, 2.75) is 31.7 Å². The number of nitrogens with zero attached hydrogens (tertiary/aromatic N) is 3. The number of aromatic nitrogens is 2. The fourth-order valence-electron chi connectivity index (χ4n) is 3.30. The van der Waals surface area contributed by atoms with Crippen LogP contribution in [0, 0.1) is 0 Å². The molecule has 3 aromatic rings. The maximum Gasteiger partial charge on any atom is 0.254 e. The third-order valence-electron chi connectivity index (χ3n) is 4.57. The Morgan fingerprint density at radius 1 is 1.20 bits per heavy atom. The topological polar surface area (TPSA) is 59.2 Å². The smallest absolute Gasteiger partial charge is 0.254 e. The second-order valence-electron chi connectivity index (χ2n) is 6.19. The number of rotatable bonds is 3. The second kappa shape index (κ2) is 7.19. The molecule has 1 atom stereocenters. The van der Waals surface area contributed by atoms with Crippen LogP contribution in [0.25, 0.3) is 10.6 Å².